The molecule has 0 fully saturated rings. The van der Waals surface area contributed by atoms with Crippen molar-refractivity contribution in [3.8, 4) is 0 Å². The fraction of sp³-hybridized carbons (Fsp3) is 0.600. The fourth-order valence-electron chi connectivity index (χ4n) is 1.96. The van der Waals surface area contributed by atoms with E-state index in [9.17, 15) is 9.59 Å². The van der Waals surface area contributed by atoms with Gasteiger partial charge in [0.25, 0.3) is 0 Å². The van der Waals surface area contributed by atoms with Crippen LogP contribution in [0.1, 0.15) is 25.1 Å². The second kappa shape index (κ2) is 9.52. The molecule has 6 heteroatoms. The van der Waals surface area contributed by atoms with Gasteiger partial charge in [-0.3, -0.25) is 14.5 Å². The molecule has 21 heavy (non-hydrogen) atoms. The number of hydrogen-bond donors (Lipinski definition) is 0. The number of amides is 1. The Hall–Kier alpha value is -1.40. The summed E-state index contributed by atoms with van der Waals surface area (Å²) < 4.78 is 4.94. The zero-order chi connectivity index (χ0) is 15.7. The highest BCUT2D eigenvalue weighted by Crippen LogP contribution is 2.11. The minimum atomic E-state index is -0.278. The molecule has 0 aromatic carbocycles. The fourth-order valence-corrected chi connectivity index (χ4v) is 2.71. The lowest BCUT2D eigenvalue weighted by molar-refractivity contribution is -0.145. The van der Waals surface area contributed by atoms with Crippen molar-refractivity contribution >= 4 is 23.2 Å². The van der Waals surface area contributed by atoms with Crippen LogP contribution in [0.4, 0.5) is 0 Å². The normalized spacial score (nSPS) is 10.7. The maximum absolute atomic E-state index is 12.2. The summed E-state index contributed by atoms with van der Waals surface area (Å²) >= 11 is 1.63. The van der Waals surface area contributed by atoms with E-state index < -0.39 is 0 Å². The van der Waals surface area contributed by atoms with Crippen LogP contribution in [-0.2, 0) is 20.9 Å². The van der Waals surface area contributed by atoms with Gasteiger partial charge in [-0.25, -0.2) is 0 Å². The Morgan fingerprint density at radius 1 is 1.29 bits per heavy atom. The topological polar surface area (TPSA) is 49.9 Å². The van der Waals surface area contributed by atoms with Crippen LogP contribution in [0.2, 0.25) is 0 Å². The van der Waals surface area contributed by atoms with Crippen LogP contribution < -0.4 is 0 Å². The first-order chi connectivity index (χ1) is 10.1. The lowest BCUT2D eigenvalue weighted by Crippen LogP contribution is -2.41. The molecule has 0 aliphatic rings. The smallest absolute Gasteiger partial charge is 0.320 e. The van der Waals surface area contributed by atoms with E-state index >= 15 is 0 Å². The molecular weight excluding hydrogens is 288 g/mol. The molecule has 0 unspecified atom stereocenters. The highest BCUT2D eigenvalue weighted by molar-refractivity contribution is 7.09. The molecule has 0 radical (unpaired) electrons. The van der Waals surface area contributed by atoms with E-state index in [4.69, 9.17) is 4.74 Å². The summed E-state index contributed by atoms with van der Waals surface area (Å²) in [7, 11) is 1.79. The quantitative estimate of drug-likeness (QED) is 0.654. The molecule has 0 aliphatic heterocycles. The van der Waals surface area contributed by atoms with Crippen molar-refractivity contribution in [2.45, 2.75) is 26.8 Å². The van der Waals surface area contributed by atoms with Crippen molar-refractivity contribution in [3.63, 3.8) is 0 Å². The SMILES string of the molecule is CCCN(CC(=O)OCC)CC(=O)N(C)Cc1cccs1. The van der Waals surface area contributed by atoms with E-state index in [0.717, 1.165) is 11.3 Å². The Kier molecular flexibility index (Phi) is 8.00. The van der Waals surface area contributed by atoms with Gasteiger partial charge in [-0.1, -0.05) is 13.0 Å². The number of nitrogens with zero attached hydrogens (tertiary/aromatic N) is 2. The zero-order valence-corrected chi connectivity index (χ0v) is 13.8. The molecule has 1 heterocycles. The first kappa shape index (κ1) is 17.7. The third-order valence-corrected chi connectivity index (χ3v) is 3.82. The molecular formula is C15H24N2O3S. The van der Waals surface area contributed by atoms with E-state index in [-0.39, 0.29) is 25.0 Å². The van der Waals surface area contributed by atoms with E-state index in [1.54, 1.807) is 30.2 Å². The lowest BCUT2D eigenvalue weighted by Gasteiger charge is -2.23. The Bertz CT molecular complexity index is 434. The molecule has 5 nitrogen and oxygen atoms in total. The van der Waals surface area contributed by atoms with Crippen molar-refractivity contribution in [1.82, 2.24) is 9.80 Å². The van der Waals surface area contributed by atoms with Crippen molar-refractivity contribution in [3.05, 3.63) is 22.4 Å². The molecule has 0 atom stereocenters. The monoisotopic (exact) mass is 312 g/mol. The lowest BCUT2D eigenvalue weighted by atomic mass is 10.3. The minimum absolute atomic E-state index is 0.0150. The van der Waals surface area contributed by atoms with Crippen LogP contribution in [0.5, 0.6) is 0 Å². The molecule has 0 bridgehead atoms. The molecule has 0 aliphatic carbocycles. The average molecular weight is 312 g/mol. The van der Waals surface area contributed by atoms with Gasteiger partial charge in [0.15, 0.2) is 0 Å². The Balaban J connectivity index is 2.48. The highest BCUT2D eigenvalue weighted by Gasteiger charge is 2.17. The van der Waals surface area contributed by atoms with Crippen molar-refractivity contribution < 1.29 is 14.3 Å². The van der Waals surface area contributed by atoms with Gasteiger partial charge in [-0.2, -0.15) is 0 Å². The Morgan fingerprint density at radius 3 is 2.62 bits per heavy atom. The van der Waals surface area contributed by atoms with Gasteiger partial charge >= 0.3 is 5.97 Å². The minimum Gasteiger partial charge on any atom is -0.465 e. The van der Waals surface area contributed by atoms with Crippen molar-refractivity contribution in [2.24, 2.45) is 0 Å². The summed E-state index contributed by atoms with van der Waals surface area (Å²) in [6.07, 6.45) is 0.890. The largest absolute Gasteiger partial charge is 0.465 e. The summed E-state index contributed by atoms with van der Waals surface area (Å²) in [5.41, 5.74) is 0. The molecule has 1 aromatic heterocycles. The van der Waals surface area contributed by atoms with Crippen LogP contribution in [0.25, 0.3) is 0 Å². The Morgan fingerprint density at radius 2 is 2.05 bits per heavy atom. The Labute approximate surface area is 130 Å². The summed E-state index contributed by atoms with van der Waals surface area (Å²) in [4.78, 5) is 28.5. The predicted molar refractivity (Wildman–Crippen MR) is 84.2 cm³/mol. The number of esters is 1. The second-order valence-electron chi connectivity index (χ2n) is 4.84. The predicted octanol–water partition coefficient (Wildman–Crippen LogP) is 1.98. The molecule has 118 valence electrons. The van der Waals surface area contributed by atoms with Gasteiger partial charge in [0.1, 0.15) is 0 Å². The molecule has 0 saturated carbocycles. The highest BCUT2D eigenvalue weighted by atomic mass is 32.1. The second-order valence-corrected chi connectivity index (χ2v) is 5.88. The standard InChI is InChI=1S/C15H24N2O3S/c1-4-8-17(12-15(19)20-5-2)11-14(18)16(3)10-13-7-6-9-21-13/h6-7,9H,4-5,8,10-12H2,1-3H3. The maximum Gasteiger partial charge on any atom is 0.320 e. The van der Waals surface area contributed by atoms with Gasteiger partial charge in [-0.05, 0) is 31.3 Å². The average Bonchev–Trinajstić information content (AvgIpc) is 2.91. The number of thiophene rings is 1. The van der Waals surface area contributed by atoms with E-state index in [0.29, 0.717) is 19.7 Å². The van der Waals surface area contributed by atoms with Crippen LogP contribution in [0.15, 0.2) is 17.5 Å². The third kappa shape index (κ3) is 6.73. The van der Waals surface area contributed by atoms with Gasteiger partial charge < -0.3 is 9.64 Å². The van der Waals surface area contributed by atoms with Gasteiger partial charge in [0, 0.05) is 11.9 Å². The summed E-state index contributed by atoms with van der Waals surface area (Å²) in [6.45, 7) is 5.90. The van der Waals surface area contributed by atoms with Crippen molar-refractivity contribution in [2.75, 3.05) is 33.3 Å². The first-order valence-electron chi connectivity index (χ1n) is 7.21. The number of rotatable bonds is 9. The zero-order valence-electron chi connectivity index (χ0n) is 13.0. The summed E-state index contributed by atoms with van der Waals surface area (Å²) in [5, 5.41) is 2.00. The maximum atomic E-state index is 12.2. The summed E-state index contributed by atoms with van der Waals surface area (Å²) in [6, 6.07) is 3.99. The number of carbonyl (C=O) groups is 2. The molecule has 0 spiro atoms. The number of likely N-dealkylation sites (N-methyl/N-ethyl adjacent to an activating group) is 1. The third-order valence-electron chi connectivity index (χ3n) is 2.96. The number of ether oxygens (including phenoxy) is 1. The van der Waals surface area contributed by atoms with Gasteiger partial charge in [-0.15, -0.1) is 11.3 Å². The van der Waals surface area contributed by atoms with E-state index in [1.165, 1.54) is 0 Å². The van der Waals surface area contributed by atoms with Gasteiger partial charge in [0.05, 0.1) is 26.2 Å². The molecule has 1 aromatic rings. The molecule has 1 amide bonds. The van der Waals surface area contributed by atoms with Crippen LogP contribution in [0, 0.1) is 0 Å². The molecule has 0 N–H and O–H groups in total. The van der Waals surface area contributed by atoms with E-state index in [1.807, 2.05) is 29.3 Å². The number of hydrogen-bond acceptors (Lipinski definition) is 5. The first-order valence-corrected chi connectivity index (χ1v) is 8.09. The summed E-state index contributed by atoms with van der Waals surface area (Å²) in [5.74, 6) is -0.263. The van der Waals surface area contributed by atoms with E-state index in [2.05, 4.69) is 0 Å². The van der Waals surface area contributed by atoms with Crippen LogP contribution in [0.3, 0.4) is 0 Å². The van der Waals surface area contributed by atoms with Gasteiger partial charge in [0.2, 0.25) is 5.91 Å². The molecule has 1 rings (SSSR count). The number of carbonyl (C=O) groups excluding carboxylic acids is 2. The van der Waals surface area contributed by atoms with Crippen LogP contribution >= 0.6 is 11.3 Å². The van der Waals surface area contributed by atoms with Crippen LogP contribution in [-0.4, -0.2) is 55.0 Å². The van der Waals surface area contributed by atoms with Crippen molar-refractivity contribution in [1.29, 1.82) is 0 Å². The molecule has 0 saturated heterocycles.